The molecule has 0 saturated heterocycles. The molecular weight excluding hydrogens is 354 g/mol. The van der Waals surface area contributed by atoms with Crippen LogP contribution in [0.25, 0.3) is 6.08 Å². The van der Waals surface area contributed by atoms with Crippen LogP contribution in [0, 0.1) is 13.8 Å². The van der Waals surface area contributed by atoms with Gasteiger partial charge in [-0.2, -0.15) is 0 Å². The van der Waals surface area contributed by atoms with E-state index in [1.54, 1.807) is 18.2 Å². The van der Waals surface area contributed by atoms with Crippen LogP contribution >= 0.6 is 0 Å². The molecule has 0 aliphatic carbocycles. The van der Waals surface area contributed by atoms with E-state index in [0.29, 0.717) is 18.7 Å². The van der Waals surface area contributed by atoms with E-state index < -0.39 is 11.6 Å². The monoisotopic (exact) mass is 381 g/mol. The maximum atomic E-state index is 12.0. The molecule has 2 aromatic rings. The summed E-state index contributed by atoms with van der Waals surface area (Å²) in [5.41, 5.74) is 3.07. The highest BCUT2D eigenvalue weighted by Gasteiger charge is 2.29. The Hall–Kier alpha value is -3.08. The van der Waals surface area contributed by atoms with Crippen molar-refractivity contribution in [1.29, 1.82) is 0 Å². The summed E-state index contributed by atoms with van der Waals surface area (Å²) in [5.74, 6) is -0.658. The molecule has 148 valence electrons. The molecule has 0 fully saturated rings. The number of hydrogen-bond donors (Lipinski definition) is 2. The Labute approximate surface area is 166 Å². The summed E-state index contributed by atoms with van der Waals surface area (Å²) in [5, 5.41) is 12.0. The molecule has 0 aromatic heterocycles. The van der Waals surface area contributed by atoms with Gasteiger partial charge in [-0.25, -0.2) is 4.79 Å². The summed E-state index contributed by atoms with van der Waals surface area (Å²) in [7, 11) is 0. The zero-order chi connectivity index (χ0) is 20.7. The maximum Gasteiger partial charge on any atom is 0.347 e. The van der Waals surface area contributed by atoms with E-state index in [0.717, 1.165) is 22.3 Å². The van der Waals surface area contributed by atoms with Gasteiger partial charge < -0.3 is 15.2 Å². The third kappa shape index (κ3) is 6.27. The van der Waals surface area contributed by atoms with Crippen molar-refractivity contribution < 1.29 is 19.4 Å². The Morgan fingerprint density at radius 3 is 2.43 bits per heavy atom. The van der Waals surface area contributed by atoms with Gasteiger partial charge in [-0.05, 0) is 69.0 Å². The average Bonchev–Trinajstić information content (AvgIpc) is 2.63. The summed E-state index contributed by atoms with van der Waals surface area (Å²) in [6, 6.07) is 13.3. The molecule has 2 rings (SSSR count). The Morgan fingerprint density at radius 1 is 1.11 bits per heavy atom. The first-order valence-corrected chi connectivity index (χ1v) is 9.22. The average molecular weight is 381 g/mol. The lowest BCUT2D eigenvalue weighted by Crippen LogP contribution is -2.37. The molecule has 0 radical (unpaired) electrons. The second kappa shape index (κ2) is 9.22. The summed E-state index contributed by atoms with van der Waals surface area (Å²) in [6.07, 6.45) is 4.05. The largest absolute Gasteiger partial charge is 0.478 e. The summed E-state index contributed by atoms with van der Waals surface area (Å²) >= 11 is 0. The second-order valence-corrected chi connectivity index (χ2v) is 7.30. The lowest BCUT2D eigenvalue weighted by Gasteiger charge is -2.21. The van der Waals surface area contributed by atoms with Crippen LogP contribution in [-0.4, -0.2) is 29.1 Å². The first-order valence-electron chi connectivity index (χ1n) is 9.22. The normalized spacial score (nSPS) is 11.4. The van der Waals surface area contributed by atoms with Gasteiger partial charge in [0, 0.05) is 12.6 Å². The number of hydrogen-bond acceptors (Lipinski definition) is 3. The smallest absolute Gasteiger partial charge is 0.347 e. The van der Waals surface area contributed by atoms with Gasteiger partial charge in [0.05, 0.1) is 0 Å². The molecular formula is C23H27NO4. The fraction of sp³-hybridized carbons (Fsp3) is 0.304. The maximum absolute atomic E-state index is 12.0. The Bertz CT molecular complexity index is 867. The van der Waals surface area contributed by atoms with Gasteiger partial charge in [0.1, 0.15) is 5.75 Å². The molecule has 0 bridgehead atoms. The Kier molecular flexibility index (Phi) is 6.99. The van der Waals surface area contributed by atoms with Gasteiger partial charge in [-0.3, -0.25) is 4.79 Å². The molecule has 28 heavy (non-hydrogen) atoms. The van der Waals surface area contributed by atoms with Crippen LogP contribution in [0.2, 0.25) is 0 Å². The van der Waals surface area contributed by atoms with Gasteiger partial charge in [-0.1, -0.05) is 35.9 Å². The SMILES string of the molecule is Cc1ccc(C)c(/C=C/C(=O)NCCc2ccc(OC(C)(C)C(=O)O)cc2)c1. The number of carboxylic acid groups (broad SMARTS) is 1. The van der Waals surface area contributed by atoms with Crippen LogP contribution in [0.15, 0.2) is 48.5 Å². The van der Waals surface area contributed by atoms with Crippen molar-refractivity contribution in [2.75, 3.05) is 6.54 Å². The minimum Gasteiger partial charge on any atom is -0.478 e. The van der Waals surface area contributed by atoms with Crippen LogP contribution in [0.4, 0.5) is 0 Å². The summed E-state index contributed by atoms with van der Waals surface area (Å²) < 4.78 is 5.47. The number of benzene rings is 2. The first kappa shape index (κ1) is 21.2. The van der Waals surface area contributed by atoms with Gasteiger partial charge in [0.15, 0.2) is 5.60 Å². The quantitative estimate of drug-likeness (QED) is 0.680. The zero-order valence-electron chi connectivity index (χ0n) is 16.8. The fourth-order valence-corrected chi connectivity index (χ4v) is 2.56. The first-order chi connectivity index (χ1) is 13.2. The van der Waals surface area contributed by atoms with Crippen molar-refractivity contribution in [1.82, 2.24) is 5.32 Å². The van der Waals surface area contributed by atoms with Gasteiger partial charge in [0.2, 0.25) is 5.91 Å². The van der Waals surface area contributed by atoms with Gasteiger partial charge >= 0.3 is 5.97 Å². The number of aliphatic carboxylic acids is 1. The van der Waals surface area contributed by atoms with Crippen molar-refractivity contribution in [3.8, 4) is 5.75 Å². The number of rotatable bonds is 8. The lowest BCUT2D eigenvalue weighted by molar-refractivity contribution is -0.152. The number of carbonyl (C=O) groups is 2. The zero-order valence-corrected chi connectivity index (χ0v) is 16.8. The van der Waals surface area contributed by atoms with Crippen molar-refractivity contribution in [2.24, 2.45) is 0 Å². The van der Waals surface area contributed by atoms with Crippen molar-refractivity contribution in [3.63, 3.8) is 0 Å². The second-order valence-electron chi connectivity index (χ2n) is 7.30. The van der Waals surface area contributed by atoms with Gasteiger partial charge in [0.25, 0.3) is 0 Å². The van der Waals surface area contributed by atoms with Crippen LogP contribution in [0.5, 0.6) is 5.75 Å². The topological polar surface area (TPSA) is 75.6 Å². The molecule has 0 saturated carbocycles. The van der Waals surface area contributed by atoms with Gasteiger partial charge in [-0.15, -0.1) is 0 Å². The number of ether oxygens (including phenoxy) is 1. The van der Waals surface area contributed by atoms with Crippen molar-refractivity contribution in [2.45, 2.75) is 39.7 Å². The van der Waals surface area contributed by atoms with Crippen molar-refractivity contribution in [3.05, 3.63) is 70.8 Å². The molecule has 5 heteroatoms. The minimum absolute atomic E-state index is 0.135. The molecule has 0 spiro atoms. The van der Waals surface area contributed by atoms with E-state index in [2.05, 4.69) is 5.32 Å². The molecule has 0 atom stereocenters. The molecule has 0 aliphatic rings. The molecule has 2 aromatic carbocycles. The standard InChI is InChI=1S/C23H27NO4/c1-16-5-6-17(2)19(15-16)9-12-21(25)24-14-13-18-7-10-20(11-8-18)28-23(3,4)22(26)27/h5-12,15H,13-14H2,1-4H3,(H,24,25)(H,26,27)/b12-9+. The van der Waals surface area contributed by atoms with E-state index in [1.807, 2.05) is 50.3 Å². The number of amides is 1. The molecule has 2 N–H and O–H groups in total. The molecule has 0 aliphatic heterocycles. The van der Waals surface area contributed by atoms with E-state index in [-0.39, 0.29) is 5.91 Å². The number of nitrogens with one attached hydrogen (secondary N) is 1. The Morgan fingerprint density at radius 2 is 1.79 bits per heavy atom. The Balaban J connectivity index is 1.83. The van der Waals surface area contributed by atoms with E-state index in [1.165, 1.54) is 13.8 Å². The van der Waals surface area contributed by atoms with E-state index >= 15 is 0 Å². The highest BCUT2D eigenvalue weighted by Crippen LogP contribution is 2.19. The van der Waals surface area contributed by atoms with Crippen LogP contribution < -0.4 is 10.1 Å². The van der Waals surface area contributed by atoms with E-state index in [4.69, 9.17) is 9.84 Å². The molecule has 0 heterocycles. The summed E-state index contributed by atoms with van der Waals surface area (Å²) in [4.78, 5) is 23.1. The highest BCUT2D eigenvalue weighted by atomic mass is 16.5. The molecule has 5 nitrogen and oxygen atoms in total. The van der Waals surface area contributed by atoms with E-state index in [9.17, 15) is 9.59 Å². The highest BCUT2D eigenvalue weighted by molar-refractivity contribution is 5.91. The molecule has 1 amide bonds. The minimum atomic E-state index is -1.28. The van der Waals surface area contributed by atoms with Crippen LogP contribution in [-0.2, 0) is 16.0 Å². The number of carbonyl (C=O) groups excluding carboxylic acids is 1. The number of carboxylic acids is 1. The lowest BCUT2D eigenvalue weighted by atomic mass is 10.1. The van der Waals surface area contributed by atoms with Crippen LogP contribution in [0.1, 0.15) is 36.1 Å². The predicted octanol–water partition coefficient (Wildman–Crippen LogP) is 3.92. The van der Waals surface area contributed by atoms with Crippen molar-refractivity contribution >= 4 is 18.0 Å². The molecule has 0 unspecified atom stereocenters. The fourth-order valence-electron chi connectivity index (χ4n) is 2.56. The third-order valence-electron chi connectivity index (χ3n) is 4.37. The third-order valence-corrected chi connectivity index (χ3v) is 4.37. The predicted molar refractivity (Wildman–Crippen MR) is 110 cm³/mol. The number of aryl methyl sites for hydroxylation is 2. The van der Waals surface area contributed by atoms with Crippen LogP contribution in [0.3, 0.4) is 0 Å². The summed E-state index contributed by atoms with van der Waals surface area (Å²) in [6.45, 7) is 7.56.